The van der Waals surface area contributed by atoms with Crippen LogP contribution < -0.4 is 14.8 Å². The molecule has 1 unspecified atom stereocenters. The molecule has 0 radical (unpaired) electrons. The Labute approximate surface area is 169 Å². The maximum atomic E-state index is 9.55. The van der Waals surface area contributed by atoms with Gasteiger partial charge in [-0.15, -0.1) is 0 Å². The molecule has 1 aliphatic rings. The molecule has 0 spiro atoms. The largest absolute Gasteiger partial charge is 0.493 e. The van der Waals surface area contributed by atoms with Gasteiger partial charge in [0.25, 0.3) is 0 Å². The summed E-state index contributed by atoms with van der Waals surface area (Å²) in [7, 11) is 3.34. The van der Waals surface area contributed by atoms with E-state index < -0.39 is 11.9 Å². The van der Waals surface area contributed by atoms with E-state index in [1.807, 2.05) is 6.07 Å². The third-order valence-electron chi connectivity index (χ3n) is 4.50. The Hall–Kier alpha value is -3.26. The number of carboxylic acids is 2. The van der Waals surface area contributed by atoms with Gasteiger partial charge in [0.05, 0.1) is 14.2 Å². The van der Waals surface area contributed by atoms with Crippen LogP contribution in [0.15, 0.2) is 48.7 Å². The first kappa shape index (κ1) is 22.0. The monoisotopic (exact) mass is 402 g/mol. The smallest absolute Gasteiger partial charge is 0.328 e. The van der Waals surface area contributed by atoms with Gasteiger partial charge in [-0.05, 0) is 42.7 Å². The van der Waals surface area contributed by atoms with Crippen molar-refractivity contribution in [1.29, 1.82) is 0 Å². The quantitative estimate of drug-likeness (QED) is 0.610. The van der Waals surface area contributed by atoms with Crippen LogP contribution in [0.5, 0.6) is 11.5 Å². The molecule has 1 aromatic carbocycles. The zero-order valence-corrected chi connectivity index (χ0v) is 16.5. The summed E-state index contributed by atoms with van der Waals surface area (Å²) in [5, 5.41) is 19.2. The molecule has 0 saturated carbocycles. The van der Waals surface area contributed by atoms with E-state index in [0.717, 1.165) is 37.4 Å². The third kappa shape index (κ3) is 6.69. The van der Waals surface area contributed by atoms with Crippen LogP contribution in [-0.4, -0.2) is 47.5 Å². The molecule has 8 heteroatoms. The molecule has 2 aromatic rings. The van der Waals surface area contributed by atoms with Gasteiger partial charge in [-0.2, -0.15) is 0 Å². The van der Waals surface area contributed by atoms with Crippen LogP contribution in [0.1, 0.15) is 23.7 Å². The van der Waals surface area contributed by atoms with E-state index in [1.165, 1.54) is 11.3 Å². The molecule has 2 heterocycles. The Bertz CT molecular complexity index is 843. The highest BCUT2D eigenvalue weighted by Crippen LogP contribution is 2.29. The van der Waals surface area contributed by atoms with Gasteiger partial charge in [-0.1, -0.05) is 6.07 Å². The number of aromatic nitrogens is 1. The summed E-state index contributed by atoms with van der Waals surface area (Å²) in [4.78, 5) is 19.1. The number of hydrogen-bond acceptors (Lipinski definition) is 5. The van der Waals surface area contributed by atoms with Crippen molar-refractivity contribution in [3.63, 3.8) is 0 Å². The summed E-state index contributed by atoms with van der Waals surface area (Å²) in [6.07, 6.45) is 5.38. The molecule has 3 N–H and O–H groups in total. The molecule has 0 amide bonds. The molecule has 156 valence electrons. The van der Waals surface area contributed by atoms with Crippen LogP contribution in [0.3, 0.4) is 0 Å². The van der Waals surface area contributed by atoms with Crippen molar-refractivity contribution in [3.8, 4) is 11.5 Å². The normalized spacial score (nSPS) is 15.2. The van der Waals surface area contributed by atoms with Gasteiger partial charge in [0.2, 0.25) is 0 Å². The lowest BCUT2D eigenvalue weighted by Gasteiger charge is -2.26. The number of benzene rings is 1. The second-order valence-electron chi connectivity index (χ2n) is 6.37. The van der Waals surface area contributed by atoms with Crippen molar-refractivity contribution in [3.05, 3.63) is 59.9 Å². The lowest BCUT2D eigenvalue weighted by Crippen LogP contribution is -2.33. The fourth-order valence-electron chi connectivity index (χ4n) is 3.15. The zero-order chi connectivity index (χ0) is 21.2. The molecule has 3 rings (SSSR count). The number of fused-ring (bicyclic) bond motifs is 1. The van der Waals surface area contributed by atoms with Crippen molar-refractivity contribution in [1.82, 2.24) is 9.88 Å². The Kier molecular flexibility index (Phi) is 8.29. The summed E-state index contributed by atoms with van der Waals surface area (Å²) in [5.74, 6) is -0.930. The molecular formula is C21H26N2O6. The Morgan fingerprint density at radius 3 is 2.45 bits per heavy atom. The van der Waals surface area contributed by atoms with Crippen molar-refractivity contribution in [2.24, 2.45) is 0 Å². The zero-order valence-electron chi connectivity index (χ0n) is 16.5. The Morgan fingerprint density at radius 1 is 1.14 bits per heavy atom. The van der Waals surface area contributed by atoms with Crippen molar-refractivity contribution in [2.45, 2.75) is 25.4 Å². The summed E-state index contributed by atoms with van der Waals surface area (Å²) in [6.45, 7) is 2.10. The van der Waals surface area contributed by atoms with Crippen LogP contribution >= 0.6 is 0 Å². The van der Waals surface area contributed by atoms with E-state index in [0.29, 0.717) is 18.2 Å². The van der Waals surface area contributed by atoms with Crippen LogP contribution in [0.4, 0.5) is 0 Å². The molecule has 0 aliphatic carbocycles. The topological polar surface area (TPSA) is 110 Å². The standard InChI is InChI=1S/C17H22N2O2.C4H4O4/c1-20-16-8-6-13(12-17(16)21-2)5-7-14-15-4-3-10-19(15)11-9-18-14;5-3(6)1-2-4(7)8/h3-4,6,8,10,12,14,18H,5,7,9,11H2,1-2H3;1-2H,(H,5,6)(H,7,8)/b;2-1+. The van der Waals surface area contributed by atoms with E-state index in [4.69, 9.17) is 19.7 Å². The third-order valence-corrected chi connectivity index (χ3v) is 4.50. The molecule has 29 heavy (non-hydrogen) atoms. The summed E-state index contributed by atoms with van der Waals surface area (Å²) >= 11 is 0. The molecule has 8 nitrogen and oxygen atoms in total. The lowest BCUT2D eigenvalue weighted by molar-refractivity contribution is -0.134. The molecule has 0 bridgehead atoms. The lowest BCUT2D eigenvalue weighted by atomic mass is 10.0. The summed E-state index contributed by atoms with van der Waals surface area (Å²) in [6, 6.07) is 10.9. The molecular weight excluding hydrogens is 376 g/mol. The highest BCUT2D eigenvalue weighted by atomic mass is 16.5. The van der Waals surface area contributed by atoms with Crippen molar-refractivity contribution >= 4 is 11.9 Å². The molecule has 1 aromatic heterocycles. The Morgan fingerprint density at radius 2 is 1.83 bits per heavy atom. The molecule has 1 atom stereocenters. The predicted octanol–water partition coefficient (Wildman–Crippen LogP) is 2.49. The number of methoxy groups -OCH3 is 2. The number of aryl methyl sites for hydroxylation is 1. The Balaban J connectivity index is 0.000000321. The van der Waals surface area contributed by atoms with Crippen LogP contribution in [-0.2, 0) is 22.6 Å². The number of nitrogens with zero attached hydrogens (tertiary/aromatic N) is 1. The van der Waals surface area contributed by atoms with Gasteiger partial charge in [0.1, 0.15) is 0 Å². The van der Waals surface area contributed by atoms with E-state index in [-0.39, 0.29) is 0 Å². The number of aliphatic carboxylic acids is 2. The fraction of sp³-hybridized carbons (Fsp3) is 0.333. The number of rotatable bonds is 7. The van der Waals surface area contributed by atoms with E-state index in [9.17, 15) is 9.59 Å². The average molecular weight is 402 g/mol. The first-order valence-corrected chi connectivity index (χ1v) is 9.18. The van der Waals surface area contributed by atoms with Crippen molar-refractivity contribution < 1.29 is 29.3 Å². The highest BCUT2D eigenvalue weighted by Gasteiger charge is 2.18. The highest BCUT2D eigenvalue weighted by molar-refractivity contribution is 5.89. The number of carboxylic acid groups (broad SMARTS) is 2. The average Bonchev–Trinajstić information content (AvgIpc) is 3.20. The minimum absolute atomic E-state index is 0.432. The summed E-state index contributed by atoms with van der Waals surface area (Å²) < 4.78 is 13.0. The molecule has 0 saturated heterocycles. The maximum Gasteiger partial charge on any atom is 0.328 e. The first-order valence-electron chi connectivity index (χ1n) is 9.18. The number of ether oxygens (including phenoxy) is 2. The first-order chi connectivity index (χ1) is 13.9. The van der Waals surface area contributed by atoms with Gasteiger partial charge < -0.3 is 29.6 Å². The number of carbonyl (C=O) groups is 2. The second kappa shape index (κ2) is 10.9. The maximum absolute atomic E-state index is 9.55. The fourth-order valence-corrected chi connectivity index (χ4v) is 3.15. The second-order valence-corrected chi connectivity index (χ2v) is 6.37. The minimum atomic E-state index is -1.26. The number of nitrogens with one attached hydrogen (secondary N) is 1. The SMILES string of the molecule is COc1ccc(CCC2NCCn3cccc32)cc1OC.O=C(O)/C=C/C(=O)O. The predicted molar refractivity (Wildman–Crippen MR) is 107 cm³/mol. The van der Waals surface area contributed by atoms with Crippen LogP contribution in [0, 0.1) is 0 Å². The van der Waals surface area contributed by atoms with E-state index >= 15 is 0 Å². The van der Waals surface area contributed by atoms with E-state index in [2.05, 4.69) is 40.3 Å². The van der Waals surface area contributed by atoms with E-state index in [1.54, 1.807) is 14.2 Å². The number of hydrogen-bond donors (Lipinski definition) is 3. The van der Waals surface area contributed by atoms with Gasteiger partial charge >= 0.3 is 11.9 Å². The van der Waals surface area contributed by atoms with Crippen LogP contribution in [0.2, 0.25) is 0 Å². The van der Waals surface area contributed by atoms with Gasteiger partial charge in [0.15, 0.2) is 11.5 Å². The summed E-state index contributed by atoms with van der Waals surface area (Å²) in [5.41, 5.74) is 2.67. The van der Waals surface area contributed by atoms with Crippen LogP contribution in [0.25, 0.3) is 0 Å². The minimum Gasteiger partial charge on any atom is -0.493 e. The van der Waals surface area contributed by atoms with Gasteiger partial charge in [0, 0.05) is 43.2 Å². The van der Waals surface area contributed by atoms with Gasteiger partial charge in [-0.3, -0.25) is 0 Å². The van der Waals surface area contributed by atoms with Gasteiger partial charge in [-0.25, -0.2) is 9.59 Å². The molecule has 0 fully saturated rings. The van der Waals surface area contributed by atoms with Crippen molar-refractivity contribution in [2.75, 3.05) is 20.8 Å². The molecule has 1 aliphatic heterocycles.